The van der Waals surface area contributed by atoms with Gasteiger partial charge in [-0.25, -0.2) is 4.79 Å². The van der Waals surface area contributed by atoms with Crippen molar-refractivity contribution < 1.29 is 9.53 Å². The number of aromatic nitrogens is 1. The fourth-order valence-corrected chi connectivity index (χ4v) is 2.42. The molecule has 17 heavy (non-hydrogen) atoms. The summed E-state index contributed by atoms with van der Waals surface area (Å²) in [5.41, 5.74) is 2.06. The first-order valence-electron chi connectivity index (χ1n) is 5.13. The van der Waals surface area contributed by atoms with Crippen molar-refractivity contribution in [3.05, 3.63) is 40.5 Å². The normalized spacial score (nSPS) is 11.2. The minimum Gasteiger partial charge on any atom is -0.466 e. The molecule has 0 aliphatic heterocycles. The molecule has 0 spiro atoms. The van der Waals surface area contributed by atoms with E-state index in [1.807, 2.05) is 35.9 Å². The number of rotatable bonds is 2. The van der Waals surface area contributed by atoms with Crippen LogP contribution in [0.25, 0.3) is 17.0 Å². The molecule has 1 heterocycles. The van der Waals surface area contributed by atoms with Crippen molar-refractivity contribution in [1.29, 1.82) is 0 Å². The Morgan fingerprint density at radius 1 is 1.47 bits per heavy atom. The number of halogens is 1. The van der Waals surface area contributed by atoms with E-state index in [-0.39, 0.29) is 5.97 Å². The van der Waals surface area contributed by atoms with Crippen LogP contribution in [0.1, 0.15) is 5.69 Å². The number of nitrogens with zero attached hydrogens (tertiary/aromatic N) is 1. The molecule has 0 saturated heterocycles. The molecular formula is C13H12BrNO2. The van der Waals surface area contributed by atoms with Gasteiger partial charge in [-0.1, -0.05) is 12.1 Å². The fourth-order valence-electron chi connectivity index (χ4n) is 1.77. The monoisotopic (exact) mass is 293 g/mol. The van der Waals surface area contributed by atoms with E-state index in [2.05, 4.69) is 20.7 Å². The lowest BCUT2D eigenvalue weighted by Crippen LogP contribution is -1.95. The van der Waals surface area contributed by atoms with Gasteiger partial charge in [-0.2, -0.15) is 0 Å². The average molecular weight is 294 g/mol. The Hall–Kier alpha value is -1.55. The second-order valence-corrected chi connectivity index (χ2v) is 4.52. The van der Waals surface area contributed by atoms with Crippen LogP contribution in [0.3, 0.4) is 0 Å². The first-order chi connectivity index (χ1) is 8.13. The number of carbonyl (C=O) groups excluding carboxylic acids is 1. The van der Waals surface area contributed by atoms with E-state index in [9.17, 15) is 4.79 Å². The molecule has 0 fully saturated rings. The largest absolute Gasteiger partial charge is 0.466 e. The first-order valence-corrected chi connectivity index (χ1v) is 5.92. The Labute approximate surface area is 108 Å². The molecule has 88 valence electrons. The standard InChI is InChI=1S/C13H12BrNO2/c1-15-10(6-7-12(16)17-2)8-9-4-3-5-11(14)13(9)15/h3-8H,1-2H3/b7-6+. The molecule has 0 amide bonds. The number of esters is 1. The predicted octanol–water partition coefficient (Wildman–Crippen LogP) is 3.13. The van der Waals surface area contributed by atoms with Crippen molar-refractivity contribution in [2.75, 3.05) is 7.11 Å². The number of hydrogen-bond acceptors (Lipinski definition) is 2. The van der Waals surface area contributed by atoms with E-state index in [1.54, 1.807) is 6.08 Å². The molecule has 2 rings (SSSR count). The van der Waals surface area contributed by atoms with Gasteiger partial charge in [-0.05, 0) is 34.1 Å². The highest BCUT2D eigenvalue weighted by Crippen LogP contribution is 2.26. The van der Waals surface area contributed by atoms with Gasteiger partial charge in [-0.3, -0.25) is 0 Å². The zero-order chi connectivity index (χ0) is 12.4. The minimum absolute atomic E-state index is 0.352. The highest BCUT2D eigenvalue weighted by Gasteiger charge is 2.06. The Balaban J connectivity index is 2.50. The van der Waals surface area contributed by atoms with Gasteiger partial charge in [-0.15, -0.1) is 0 Å². The molecule has 0 saturated carbocycles. The van der Waals surface area contributed by atoms with Crippen molar-refractivity contribution in [3.8, 4) is 0 Å². The number of para-hydroxylation sites is 1. The number of methoxy groups -OCH3 is 1. The smallest absolute Gasteiger partial charge is 0.330 e. The number of hydrogen-bond donors (Lipinski definition) is 0. The van der Waals surface area contributed by atoms with Crippen LogP contribution in [0.4, 0.5) is 0 Å². The van der Waals surface area contributed by atoms with Gasteiger partial charge in [0.25, 0.3) is 0 Å². The van der Waals surface area contributed by atoms with Crippen LogP contribution in [0, 0.1) is 0 Å². The van der Waals surface area contributed by atoms with Crippen LogP contribution in [0.5, 0.6) is 0 Å². The Morgan fingerprint density at radius 2 is 2.24 bits per heavy atom. The number of benzene rings is 1. The van der Waals surface area contributed by atoms with Crippen molar-refractivity contribution in [3.63, 3.8) is 0 Å². The first kappa shape index (κ1) is 11.9. The zero-order valence-electron chi connectivity index (χ0n) is 9.61. The molecule has 0 aliphatic carbocycles. The number of aryl methyl sites for hydroxylation is 1. The van der Waals surface area contributed by atoms with Crippen LogP contribution < -0.4 is 0 Å². The molecule has 4 heteroatoms. The molecule has 0 unspecified atom stereocenters. The second-order valence-electron chi connectivity index (χ2n) is 3.66. The third-order valence-corrected chi connectivity index (χ3v) is 3.28. The number of carbonyl (C=O) groups is 1. The van der Waals surface area contributed by atoms with Crippen LogP contribution in [-0.4, -0.2) is 17.6 Å². The second kappa shape index (κ2) is 4.75. The summed E-state index contributed by atoms with van der Waals surface area (Å²) in [7, 11) is 3.33. The van der Waals surface area contributed by atoms with E-state index < -0.39 is 0 Å². The maximum absolute atomic E-state index is 11.1. The molecule has 0 bridgehead atoms. The van der Waals surface area contributed by atoms with Crippen molar-refractivity contribution >= 4 is 38.9 Å². The van der Waals surface area contributed by atoms with E-state index in [4.69, 9.17) is 0 Å². The molecular weight excluding hydrogens is 282 g/mol. The molecule has 2 aromatic rings. The highest BCUT2D eigenvalue weighted by molar-refractivity contribution is 9.10. The summed E-state index contributed by atoms with van der Waals surface area (Å²) in [4.78, 5) is 11.1. The average Bonchev–Trinajstić information content (AvgIpc) is 2.64. The topological polar surface area (TPSA) is 31.2 Å². The highest BCUT2D eigenvalue weighted by atomic mass is 79.9. The molecule has 0 aliphatic rings. The maximum Gasteiger partial charge on any atom is 0.330 e. The van der Waals surface area contributed by atoms with Gasteiger partial charge in [0.1, 0.15) is 0 Å². The molecule has 1 aromatic carbocycles. The summed E-state index contributed by atoms with van der Waals surface area (Å²) in [6.07, 6.45) is 3.17. The minimum atomic E-state index is -0.352. The molecule has 0 radical (unpaired) electrons. The summed E-state index contributed by atoms with van der Waals surface area (Å²) in [6.45, 7) is 0. The number of fused-ring (bicyclic) bond motifs is 1. The van der Waals surface area contributed by atoms with Crippen molar-refractivity contribution in [2.45, 2.75) is 0 Å². The van der Waals surface area contributed by atoms with Gasteiger partial charge in [0.05, 0.1) is 12.6 Å². The fraction of sp³-hybridized carbons (Fsp3) is 0.154. The van der Waals surface area contributed by atoms with Gasteiger partial charge in [0.2, 0.25) is 0 Å². The van der Waals surface area contributed by atoms with Crippen LogP contribution in [0.15, 0.2) is 34.8 Å². The van der Waals surface area contributed by atoms with Crippen molar-refractivity contribution in [1.82, 2.24) is 4.57 Å². The number of ether oxygens (including phenoxy) is 1. The van der Waals surface area contributed by atoms with Crippen LogP contribution in [0.2, 0.25) is 0 Å². The molecule has 0 N–H and O–H groups in total. The van der Waals surface area contributed by atoms with E-state index in [0.717, 1.165) is 21.1 Å². The summed E-state index contributed by atoms with van der Waals surface area (Å²) < 4.78 is 7.63. The van der Waals surface area contributed by atoms with Gasteiger partial charge < -0.3 is 9.30 Å². The third kappa shape index (κ3) is 2.26. The van der Waals surface area contributed by atoms with Crippen molar-refractivity contribution in [2.24, 2.45) is 7.05 Å². The van der Waals surface area contributed by atoms with E-state index in [1.165, 1.54) is 13.2 Å². The summed E-state index contributed by atoms with van der Waals surface area (Å²) in [5, 5.41) is 1.13. The Kier molecular flexibility index (Phi) is 3.33. The quantitative estimate of drug-likeness (QED) is 0.629. The molecule has 3 nitrogen and oxygen atoms in total. The van der Waals surface area contributed by atoms with E-state index >= 15 is 0 Å². The van der Waals surface area contributed by atoms with E-state index in [0.29, 0.717) is 0 Å². The van der Waals surface area contributed by atoms with Gasteiger partial charge in [0.15, 0.2) is 0 Å². The van der Waals surface area contributed by atoms with Crippen LogP contribution in [-0.2, 0) is 16.6 Å². The Bertz CT molecular complexity index is 599. The maximum atomic E-state index is 11.1. The molecule has 1 aromatic heterocycles. The predicted molar refractivity (Wildman–Crippen MR) is 71.7 cm³/mol. The Morgan fingerprint density at radius 3 is 2.88 bits per heavy atom. The van der Waals surface area contributed by atoms with Gasteiger partial charge >= 0.3 is 5.97 Å². The lowest BCUT2D eigenvalue weighted by atomic mass is 10.2. The van der Waals surface area contributed by atoms with Crippen LogP contribution >= 0.6 is 15.9 Å². The molecule has 0 atom stereocenters. The third-order valence-electron chi connectivity index (χ3n) is 2.64. The lowest BCUT2D eigenvalue weighted by molar-refractivity contribution is -0.134. The lowest BCUT2D eigenvalue weighted by Gasteiger charge is -2.01. The summed E-state index contributed by atoms with van der Waals surface area (Å²) in [6, 6.07) is 8.05. The summed E-state index contributed by atoms with van der Waals surface area (Å²) >= 11 is 3.52. The zero-order valence-corrected chi connectivity index (χ0v) is 11.2. The summed E-state index contributed by atoms with van der Waals surface area (Å²) in [5.74, 6) is -0.352. The SMILES string of the molecule is COC(=O)/C=C/c1cc2cccc(Br)c2n1C. The van der Waals surface area contributed by atoms with Gasteiger partial charge in [0, 0.05) is 28.7 Å².